The molecule has 0 atom stereocenters. The lowest BCUT2D eigenvalue weighted by Crippen LogP contribution is -2.03. The van der Waals surface area contributed by atoms with E-state index in [9.17, 15) is 30.1 Å². The van der Waals surface area contributed by atoms with Crippen molar-refractivity contribution in [3.63, 3.8) is 0 Å². The number of fused-ring (bicyclic) bond motifs is 1. The Balaban J connectivity index is 0.000000195. The maximum atomic E-state index is 10.5. The van der Waals surface area contributed by atoms with Crippen LogP contribution in [-0.2, 0) is 0 Å². The third kappa shape index (κ3) is 4.09. The van der Waals surface area contributed by atoms with Crippen molar-refractivity contribution in [1.29, 1.82) is 0 Å². The van der Waals surface area contributed by atoms with Crippen LogP contribution in [-0.4, -0.2) is 26.0 Å². The first-order chi connectivity index (χ1) is 12.3. The summed E-state index contributed by atoms with van der Waals surface area (Å²) in [4.78, 5) is 29.4. The third-order valence-electron chi connectivity index (χ3n) is 3.39. The molecule has 132 valence electrons. The molecule has 0 aliphatic rings. The van der Waals surface area contributed by atoms with Crippen LogP contribution in [0.25, 0.3) is 10.8 Å². The van der Waals surface area contributed by atoms with Crippen LogP contribution in [0.1, 0.15) is 10.4 Å². The molecule has 0 bridgehead atoms. The minimum atomic E-state index is -1.50. The number of non-ortho nitro benzene ring substituents is 1. The Morgan fingerprint density at radius 2 is 1.54 bits per heavy atom. The van der Waals surface area contributed by atoms with Crippen LogP contribution in [0.15, 0.2) is 60.7 Å². The lowest BCUT2D eigenvalue weighted by Gasteiger charge is -1.97. The van der Waals surface area contributed by atoms with Gasteiger partial charge < -0.3 is 10.2 Å². The minimum absolute atomic E-state index is 0.350. The molecular weight excluding hydrogens is 344 g/mol. The number of phenols is 1. The van der Waals surface area contributed by atoms with Gasteiger partial charge in [-0.25, -0.2) is 4.79 Å². The normalized spacial score (nSPS) is 9.85. The second kappa shape index (κ2) is 7.71. The van der Waals surface area contributed by atoms with E-state index in [0.717, 1.165) is 22.9 Å². The molecule has 0 aliphatic carbocycles. The molecule has 0 saturated carbocycles. The molecule has 0 radical (unpaired) electrons. The van der Waals surface area contributed by atoms with E-state index in [1.165, 1.54) is 0 Å². The number of hydrogen-bond acceptors (Lipinski definition) is 6. The van der Waals surface area contributed by atoms with Gasteiger partial charge in [-0.3, -0.25) is 20.2 Å². The molecule has 3 aromatic rings. The van der Waals surface area contributed by atoms with Gasteiger partial charge in [0.05, 0.1) is 15.9 Å². The van der Waals surface area contributed by atoms with Crippen molar-refractivity contribution in [2.45, 2.75) is 0 Å². The summed E-state index contributed by atoms with van der Waals surface area (Å²) in [6.07, 6.45) is 0. The van der Waals surface area contributed by atoms with Gasteiger partial charge in [0.2, 0.25) is 0 Å². The fraction of sp³-hybridized carbons (Fsp3) is 0. The van der Waals surface area contributed by atoms with Crippen LogP contribution in [0.4, 0.5) is 11.4 Å². The Morgan fingerprint density at radius 3 is 2.12 bits per heavy atom. The molecule has 0 saturated heterocycles. The summed E-state index contributed by atoms with van der Waals surface area (Å²) >= 11 is 0. The number of hydrogen-bond donors (Lipinski definition) is 2. The average molecular weight is 356 g/mol. The Kier molecular flexibility index (Phi) is 5.43. The van der Waals surface area contributed by atoms with Crippen molar-refractivity contribution < 1.29 is 24.9 Å². The molecule has 3 rings (SSSR count). The molecule has 3 aromatic carbocycles. The van der Waals surface area contributed by atoms with E-state index in [-0.39, 0.29) is 0 Å². The zero-order valence-corrected chi connectivity index (χ0v) is 13.1. The highest BCUT2D eigenvalue weighted by Crippen LogP contribution is 2.24. The van der Waals surface area contributed by atoms with E-state index in [0.29, 0.717) is 11.8 Å². The van der Waals surface area contributed by atoms with Crippen molar-refractivity contribution in [3.8, 4) is 5.75 Å². The smallest absolute Gasteiger partial charge is 0.342 e. The summed E-state index contributed by atoms with van der Waals surface area (Å²) in [5.41, 5.74) is -1.89. The monoisotopic (exact) mass is 356 g/mol. The molecule has 0 fully saturated rings. The number of benzene rings is 3. The molecule has 0 heterocycles. The van der Waals surface area contributed by atoms with Crippen molar-refractivity contribution >= 4 is 28.1 Å². The summed E-state index contributed by atoms with van der Waals surface area (Å²) in [7, 11) is 0. The first-order valence-corrected chi connectivity index (χ1v) is 7.14. The van der Waals surface area contributed by atoms with Gasteiger partial charge in [0, 0.05) is 11.5 Å². The number of aromatic hydroxyl groups is 1. The Hall–Kier alpha value is -4.01. The summed E-state index contributed by atoms with van der Waals surface area (Å²) in [6, 6.07) is 15.6. The fourth-order valence-electron chi connectivity index (χ4n) is 2.17. The van der Waals surface area contributed by atoms with Crippen molar-refractivity contribution in [2.75, 3.05) is 0 Å². The van der Waals surface area contributed by atoms with Gasteiger partial charge in [-0.1, -0.05) is 36.4 Å². The van der Waals surface area contributed by atoms with Crippen molar-refractivity contribution in [3.05, 3.63) is 86.5 Å². The van der Waals surface area contributed by atoms with E-state index in [1.807, 2.05) is 36.4 Å². The molecule has 2 N–H and O–H groups in total. The fourth-order valence-corrected chi connectivity index (χ4v) is 2.17. The Bertz CT molecular complexity index is 996. The van der Waals surface area contributed by atoms with Crippen molar-refractivity contribution in [2.24, 2.45) is 0 Å². The molecule has 0 spiro atoms. The van der Waals surface area contributed by atoms with Gasteiger partial charge in [-0.05, 0) is 17.5 Å². The number of rotatable bonds is 3. The largest absolute Gasteiger partial charge is 0.507 e. The van der Waals surface area contributed by atoms with Gasteiger partial charge in [-0.2, -0.15) is 0 Å². The van der Waals surface area contributed by atoms with E-state index < -0.39 is 32.8 Å². The summed E-state index contributed by atoms with van der Waals surface area (Å²) in [5, 5.41) is 40.6. The highest BCUT2D eigenvalue weighted by Gasteiger charge is 2.23. The van der Waals surface area contributed by atoms with Crippen LogP contribution < -0.4 is 0 Å². The van der Waals surface area contributed by atoms with Gasteiger partial charge in [0.25, 0.3) is 11.4 Å². The van der Waals surface area contributed by atoms with Crippen LogP contribution in [0.3, 0.4) is 0 Å². The number of nitrogens with zero attached hydrogens (tertiary/aromatic N) is 2. The molecule has 0 aromatic heterocycles. The molecule has 0 aliphatic heterocycles. The second-order valence-electron chi connectivity index (χ2n) is 5.02. The van der Waals surface area contributed by atoms with E-state index in [2.05, 4.69) is 0 Å². The highest BCUT2D eigenvalue weighted by atomic mass is 16.6. The predicted octanol–water partition coefficient (Wildman–Crippen LogP) is 3.75. The lowest BCUT2D eigenvalue weighted by molar-refractivity contribution is -0.394. The number of carbonyl (C=O) groups is 1. The van der Waals surface area contributed by atoms with E-state index in [1.54, 1.807) is 6.07 Å². The molecule has 0 amide bonds. The number of phenolic OH excluding ortho intramolecular Hbond substituents is 1. The summed E-state index contributed by atoms with van der Waals surface area (Å²) in [6.45, 7) is 0. The standard InChI is InChI=1S/C10H8O.C7H4N2O6/c11-10-7-3-5-8-4-1-2-6-9(8)10;10-7(11)5-2-1-4(8(12)13)3-6(5)9(14)15/h1-7,11H;1-3H,(H,10,11). The molecule has 9 heteroatoms. The van der Waals surface area contributed by atoms with Crippen LogP contribution in [0.2, 0.25) is 0 Å². The maximum Gasteiger partial charge on any atom is 0.342 e. The van der Waals surface area contributed by atoms with Gasteiger partial charge in [0.15, 0.2) is 0 Å². The zero-order chi connectivity index (χ0) is 19.3. The molecular formula is C17H12N2O7. The molecule has 0 unspecified atom stereocenters. The predicted molar refractivity (Wildman–Crippen MR) is 92.3 cm³/mol. The Labute approximate surface area is 146 Å². The molecule has 26 heavy (non-hydrogen) atoms. The zero-order valence-electron chi connectivity index (χ0n) is 13.1. The maximum absolute atomic E-state index is 10.5. The Morgan fingerprint density at radius 1 is 0.885 bits per heavy atom. The molecule has 9 nitrogen and oxygen atoms in total. The van der Waals surface area contributed by atoms with Crippen LogP contribution in [0, 0.1) is 20.2 Å². The van der Waals surface area contributed by atoms with Crippen molar-refractivity contribution in [1.82, 2.24) is 0 Å². The van der Waals surface area contributed by atoms with Crippen LogP contribution >= 0.6 is 0 Å². The number of carboxylic acid groups (broad SMARTS) is 1. The summed E-state index contributed by atoms with van der Waals surface area (Å²) < 4.78 is 0. The quantitative estimate of drug-likeness (QED) is 0.537. The second-order valence-corrected chi connectivity index (χ2v) is 5.02. The highest BCUT2D eigenvalue weighted by molar-refractivity contribution is 5.92. The van der Waals surface area contributed by atoms with E-state index in [4.69, 9.17) is 5.11 Å². The first-order valence-electron chi connectivity index (χ1n) is 7.14. The number of aromatic carboxylic acids is 1. The first kappa shape index (κ1) is 18.3. The van der Waals surface area contributed by atoms with Crippen LogP contribution in [0.5, 0.6) is 5.75 Å². The van der Waals surface area contributed by atoms with E-state index >= 15 is 0 Å². The SMILES string of the molecule is O=C(O)c1ccc([N+](=O)[O-])cc1[N+](=O)[O-].Oc1cccc2ccccc12. The number of nitro groups is 2. The van der Waals surface area contributed by atoms with Gasteiger partial charge >= 0.3 is 5.97 Å². The minimum Gasteiger partial charge on any atom is -0.507 e. The third-order valence-corrected chi connectivity index (χ3v) is 3.39. The topological polar surface area (TPSA) is 144 Å². The van der Waals surface area contributed by atoms with Gasteiger partial charge in [0.1, 0.15) is 11.3 Å². The summed E-state index contributed by atoms with van der Waals surface area (Å²) in [5.74, 6) is -1.15. The lowest BCUT2D eigenvalue weighted by atomic mass is 10.1. The number of nitro benzene ring substituents is 2. The number of carboxylic acids is 1. The van der Waals surface area contributed by atoms with Gasteiger partial charge in [-0.15, -0.1) is 0 Å². The average Bonchev–Trinajstić information content (AvgIpc) is 2.62.